The lowest BCUT2D eigenvalue weighted by Crippen LogP contribution is -2.53. The molecule has 1 heterocycles. The van der Waals surface area contributed by atoms with Crippen LogP contribution in [0.5, 0.6) is 0 Å². The quantitative estimate of drug-likeness (QED) is 0.282. The van der Waals surface area contributed by atoms with E-state index in [-0.39, 0.29) is 11.7 Å². The van der Waals surface area contributed by atoms with Crippen LogP contribution in [0.4, 0.5) is 17.6 Å². The molecule has 2 amide bonds. The molecule has 0 aliphatic carbocycles. The highest BCUT2D eigenvalue weighted by Gasteiger charge is 2.35. The summed E-state index contributed by atoms with van der Waals surface area (Å²) in [5, 5.41) is 1.22. The first kappa shape index (κ1) is 19.1. The summed E-state index contributed by atoms with van der Waals surface area (Å²) in [6.07, 6.45) is -2.74. The summed E-state index contributed by atoms with van der Waals surface area (Å²) in [6.45, 7) is 3.39. The molecule has 0 aromatic heterocycles. The third-order valence-electron chi connectivity index (χ3n) is 3.18. The number of benzene rings is 1. The van der Waals surface area contributed by atoms with Gasteiger partial charge in [0.05, 0.1) is 10.6 Å². The molecule has 1 saturated heterocycles. The minimum absolute atomic E-state index is 0.0406. The molecule has 2 rings (SSSR count). The van der Waals surface area contributed by atoms with Gasteiger partial charge in [0.1, 0.15) is 11.4 Å². The monoisotopic (exact) mass is 392 g/mol. The van der Waals surface area contributed by atoms with Crippen molar-refractivity contribution in [2.45, 2.75) is 6.18 Å². The number of thiocarbonyl (C=S) groups is 1. The molecule has 0 atom stereocenters. The predicted octanol–water partition coefficient (Wildman–Crippen LogP) is 3.31. The predicted molar refractivity (Wildman–Crippen MR) is 87.0 cm³/mol. The average molecular weight is 393 g/mol. The van der Waals surface area contributed by atoms with E-state index in [1.165, 1.54) is 6.08 Å². The molecule has 1 N–H and O–H groups in total. The van der Waals surface area contributed by atoms with Crippen LogP contribution >= 0.6 is 23.8 Å². The Morgan fingerprint density at radius 2 is 1.96 bits per heavy atom. The Hall–Kier alpha value is -2.26. The van der Waals surface area contributed by atoms with Crippen LogP contribution in [0, 0.1) is 5.82 Å². The number of hydrogen-bond donors (Lipinski definition) is 1. The number of nitrogens with one attached hydrogen (secondary N) is 1. The topological polar surface area (TPSA) is 49.4 Å². The Morgan fingerprint density at radius 3 is 2.52 bits per heavy atom. The third-order valence-corrected chi connectivity index (χ3v) is 3.78. The summed E-state index contributed by atoms with van der Waals surface area (Å²) in [5.74, 6) is -3.03. The largest absolute Gasteiger partial charge is 0.416 e. The molecule has 132 valence electrons. The Balaban J connectivity index is 2.56. The van der Waals surface area contributed by atoms with E-state index in [9.17, 15) is 27.2 Å². The van der Waals surface area contributed by atoms with Crippen LogP contribution in [0.1, 0.15) is 11.1 Å². The zero-order chi connectivity index (χ0) is 18.9. The molecule has 0 radical (unpaired) electrons. The van der Waals surface area contributed by atoms with Crippen LogP contribution in [0.25, 0.3) is 6.08 Å². The van der Waals surface area contributed by atoms with Gasteiger partial charge >= 0.3 is 6.18 Å². The van der Waals surface area contributed by atoms with E-state index in [2.05, 4.69) is 11.9 Å². The third kappa shape index (κ3) is 3.88. The highest BCUT2D eigenvalue weighted by molar-refractivity contribution is 7.80. The lowest BCUT2D eigenvalue weighted by Gasteiger charge is -2.27. The highest BCUT2D eigenvalue weighted by atomic mass is 35.5. The van der Waals surface area contributed by atoms with E-state index in [4.69, 9.17) is 23.8 Å². The Bertz CT molecular complexity index is 820. The number of carbonyl (C=O) groups is 2. The SMILES string of the molecule is C=CCN1C(=O)/C(=C/c2cc(C(F)(F)F)cc(Cl)c2F)C(=O)NC1=S. The van der Waals surface area contributed by atoms with Gasteiger partial charge in [0.25, 0.3) is 11.8 Å². The second-order valence-electron chi connectivity index (χ2n) is 4.88. The van der Waals surface area contributed by atoms with E-state index in [0.29, 0.717) is 18.2 Å². The smallest absolute Gasteiger partial charge is 0.298 e. The first-order valence-corrected chi connectivity index (χ1v) is 7.41. The van der Waals surface area contributed by atoms with E-state index in [1.54, 1.807) is 0 Å². The van der Waals surface area contributed by atoms with Crippen LogP contribution in [0.3, 0.4) is 0 Å². The first-order chi connectivity index (χ1) is 11.6. The van der Waals surface area contributed by atoms with Crippen molar-refractivity contribution in [1.82, 2.24) is 10.2 Å². The number of hydrogen-bond acceptors (Lipinski definition) is 3. The van der Waals surface area contributed by atoms with Gasteiger partial charge in [-0.15, -0.1) is 6.58 Å². The lowest BCUT2D eigenvalue weighted by atomic mass is 10.0. The Morgan fingerprint density at radius 1 is 1.32 bits per heavy atom. The molecular weight excluding hydrogens is 384 g/mol. The van der Waals surface area contributed by atoms with Crippen molar-refractivity contribution in [1.29, 1.82) is 0 Å². The number of rotatable bonds is 3. The lowest BCUT2D eigenvalue weighted by molar-refractivity contribution is -0.137. The maximum Gasteiger partial charge on any atom is 0.416 e. The Kier molecular flexibility index (Phi) is 5.28. The van der Waals surface area contributed by atoms with E-state index in [1.807, 2.05) is 0 Å². The van der Waals surface area contributed by atoms with E-state index >= 15 is 0 Å². The van der Waals surface area contributed by atoms with Crippen molar-refractivity contribution in [3.63, 3.8) is 0 Å². The van der Waals surface area contributed by atoms with Gasteiger partial charge in [0, 0.05) is 12.1 Å². The van der Waals surface area contributed by atoms with Crippen molar-refractivity contribution in [2.75, 3.05) is 6.54 Å². The minimum Gasteiger partial charge on any atom is -0.298 e. The number of nitrogens with zero attached hydrogens (tertiary/aromatic N) is 1. The van der Waals surface area contributed by atoms with Crippen molar-refractivity contribution < 1.29 is 27.2 Å². The summed E-state index contributed by atoms with van der Waals surface area (Å²) < 4.78 is 52.6. The van der Waals surface area contributed by atoms with E-state index in [0.717, 1.165) is 4.90 Å². The first-order valence-electron chi connectivity index (χ1n) is 6.62. The van der Waals surface area contributed by atoms with Crippen molar-refractivity contribution in [3.05, 3.63) is 52.3 Å². The average Bonchev–Trinajstić information content (AvgIpc) is 2.50. The van der Waals surface area contributed by atoms with Crippen molar-refractivity contribution in [3.8, 4) is 0 Å². The molecule has 10 heteroatoms. The van der Waals surface area contributed by atoms with Gasteiger partial charge in [-0.2, -0.15) is 13.2 Å². The van der Waals surface area contributed by atoms with Gasteiger partial charge in [-0.05, 0) is 30.4 Å². The fourth-order valence-corrected chi connectivity index (χ4v) is 2.50. The molecule has 25 heavy (non-hydrogen) atoms. The molecule has 0 unspecified atom stereocenters. The maximum atomic E-state index is 14.1. The summed E-state index contributed by atoms with van der Waals surface area (Å²) in [6, 6.07) is 0.875. The van der Waals surface area contributed by atoms with Crippen molar-refractivity contribution in [2.24, 2.45) is 0 Å². The molecular formula is C15H9ClF4N2O2S. The minimum atomic E-state index is -4.78. The summed E-state index contributed by atoms with van der Waals surface area (Å²) in [5.41, 5.74) is -2.44. The number of halogens is 5. The molecule has 0 spiro atoms. The summed E-state index contributed by atoms with van der Waals surface area (Å²) in [7, 11) is 0. The standard InChI is InChI=1S/C15H9ClF4N2O2S/c1-2-3-22-13(24)9(12(23)21-14(22)25)5-7-4-8(15(18,19)20)6-10(16)11(7)17/h2,4-6H,1,3H2,(H,21,23,25)/b9-5+. The van der Waals surface area contributed by atoms with Gasteiger partial charge in [-0.1, -0.05) is 17.7 Å². The van der Waals surface area contributed by atoms with Crippen LogP contribution < -0.4 is 5.32 Å². The van der Waals surface area contributed by atoms with Crippen LogP contribution in [0.15, 0.2) is 30.4 Å². The van der Waals surface area contributed by atoms with Gasteiger partial charge in [-0.25, -0.2) is 4.39 Å². The molecule has 0 saturated carbocycles. The zero-order valence-corrected chi connectivity index (χ0v) is 13.9. The van der Waals surface area contributed by atoms with Crippen molar-refractivity contribution >= 4 is 46.8 Å². The zero-order valence-electron chi connectivity index (χ0n) is 12.3. The maximum absolute atomic E-state index is 14.1. The fraction of sp³-hybridized carbons (Fsp3) is 0.133. The van der Waals surface area contributed by atoms with Crippen LogP contribution in [-0.2, 0) is 15.8 Å². The number of amides is 2. The highest BCUT2D eigenvalue weighted by Crippen LogP contribution is 2.34. The van der Waals surface area contributed by atoms with Gasteiger partial charge in [0.2, 0.25) is 0 Å². The Labute approximate surface area is 149 Å². The van der Waals surface area contributed by atoms with E-state index < -0.39 is 45.5 Å². The fourth-order valence-electron chi connectivity index (χ4n) is 2.02. The summed E-state index contributed by atoms with van der Waals surface area (Å²) in [4.78, 5) is 25.2. The second-order valence-corrected chi connectivity index (χ2v) is 5.67. The van der Waals surface area contributed by atoms with Crippen LogP contribution in [0.2, 0.25) is 5.02 Å². The van der Waals surface area contributed by atoms with Gasteiger partial charge < -0.3 is 0 Å². The summed E-state index contributed by atoms with van der Waals surface area (Å²) >= 11 is 10.3. The molecule has 1 aromatic rings. The van der Waals surface area contributed by atoms with Gasteiger partial charge in [-0.3, -0.25) is 19.8 Å². The van der Waals surface area contributed by atoms with Gasteiger partial charge in [0.15, 0.2) is 5.11 Å². The molecule has 1 aliphatic heterocycles. The molecule has 0 bridgehead atoms. The number of carbonyl (C=O) groups excluding carboxylic acids is 2. The molecule has 1 fully saturated rings. The molecule has 1 aromatic carbocycles. The van der Waals surface area contributed by atoms with Crippen LogP contribution in [-0.4, -0.2) is 28.4 Å². The second kappa shape index (κ2) is 6.93. The normalized spacial score (nSPS) is 17.1. The molecule has 4 nitrogen and oxygen atoms in total. The number of alkyl halides is 3. The molecule has 1 aliphatic rings.